The molecule has 3 rings (SSSR count). The molecule has 0 saturated heterocycles. The van der Waals surface area contributed by atoms with Gasteiger partial charge in [0, 0.05) is 40.9 Å². The number of carbonyl (C=O) groups excluding carboxylic acids is 2. The molecule has 0 saturated carbocycles. The Morgan fingerprint density at radius 2 is 1.85 bits per heavy atom. The summed E-state index contributed by atoms with van der Waals surface area (Å²) in [5, 5.41) is 5.43. The fourth-order valence-corrected chi connectivity index (χ4v) is 2.68. The van der Waals surface area contributed by atoms with Crippen LogP contribution in [0.15, 0.2) is 65.9 Å². The molecule has 2 aromatic carbocycles. The number of benzene rings is 2. The fourth-order valence-electron chi connectivity index (χ4n) is 2.55. The first kappa shape index (κ1) is 17.6. The Morgan fingerprint density at radius 3 is 2.58 bits per heavy atom. The summed E-state index contributed by atoms with van der Waals surface area (Å²) in [4.78, 5) is 23.6. The molecule has 0 fully saturated rings. The van der Waals surface area contributed by atoms with Gasteiger partial charge in [0.05, 0.1) is 5.52 Å². The average Bonchev–Trinajstić information content (AvgIpc) is 3.01. The van der Waals surface area contributed by atoms with Gasteiger partial charge < -0.3 is 0 Å². The Labute approximate surface area is 155 Å². The Kier molecular flexibility index (Phi) is 5.29. The average molecular weight is 366 g/mol. The highest BCUT2D eigenvalue weighted by Gasteiger charge is 2.08. The van der Waals surface area contributed by atoms with Crippen LogP contribution in [0.3, 0.4) is 0 Å². The molecule has 3 aromatic rings. The number of amides is 1. The number of aromatic nitrogens is 1. The van der Waals surface area contributed by atoms with Gasteiger partial charge in [0.15, 0.2) is 0 Å². The Hall–Kier alpha value is -3.18. The molecule has 1 N–H and O–H groups in total. The molecule has 1 heterocycles. The number of hydrogen-bond acceptors (Lipinski definition) is 3. The van der Waals surface area contributed by atoms with Gasteiger partial charge in [0.2, 0.25) is 5.91 Å². The van der Waals surface area contributed by atoms with Crippen LogP contribution in [0.4, 0.5) is 0 Å². The Balaban J connectivity index is 1.70. The molecule has 0 spiro atoms. The predicted octanol–water partition coefficient (Wildman–Crippen LogP) is 4.38. The van der Waals surface area contributed by atoms with Crippen LogP contribution in [0.2, 0.25) is 5.02 Å². The highest BCUT2D eigenvalue weighted by atomic mass is 35.5. The molecule has 1 amide bonds. The summed E-state index contributed by atoms with van der Waals surface area (Å²) in [6, 6.07) is 14.2. The number of halogens is 1. The zero-order valence-electron chi connectivity index (χ0n) is 14.0. The summed E-state index contributed by atoms with van der Waals surface area (Å²) < 4.78 is 1.61. The first-order valence-corrected chi connectivity index (χ1v) is 8.31. The van der Waals surface area contributed by atoms with Crippen molar-refractivity contribution < 1.29 is 9.59 Å². The topological polar surface area (TPSA) is 63.5 Å². The molecular formula is C20H16ClN3O2. The maximum Gasteiger partial charge on any atom is 0.271 e. The zero-order valence-corrected chi connectivity index (χ0v) is 14.8. The van der Waals surface area contributed by atoms with E-state index in [1.165, 1.54) is 13.1 Å². The quantitative estimate of drug-likeness (QED) is 0.550. The second-order valence-corrected chi connectivity index (χ2v) is 6.01. The van der Waals surface area contributed by atoms with Crippen molar-refractivity contribution in [3.63, 3.8) is 0 Å². The molecule has 130 valence electrons. The van der Waals surface area contributed by atoms with Crippen LogP contribution >= 0.6 is 11.6 Å². The van der Waals surface area contributed by atoms with Gasteiger partial charge in [0.1, 0.15) is 0 Å². The van der Waals surface area contributed by atoms with Gasteiger partial charge in [-0.15, -0.1) is 0 Å². The van der Waals surface area contributed by atoms with Crippen molar-refractivity contribution in [3.05, 3.63) is 77.0 Å². The molecule has 0 unspecified atom stereocenters. The Bertz CT molecular complexity index is 1020. The highest BCUT2D eigenvalue weighted by Crippen LogP contribution is 2.22. The number of nitrogens with one attached hydrogen (secondary N) is 1. The molecular weight excluding hydrogens is 350 g/mol. The summed E-state index contributed by atoms with van der Waals surface area (Å²) in [6.07, 6.45) is 6.80. The second kappa shape index (κ2) is 7.80. The highest BCUT2D eigenvalue weighted by molar-refractivity contribution is 6.30. The van der Waals surface area contributed by atoms with Gasteiger partial charge in [-0.05, 0) is 36.4 Å². The smallest absolute Gasteiger partial charge is 0.271 e. The fraction of sp³-hybridized carbons (Fsp3) is 0.0500. The maximum atomic E-state index is 11.9. The van der Waals surface area contributed by atoms with Gasteiger partial charge in [0.25, 0.3) is 5.91 Å². The third kappa shape index (κ3) is 3.90. The van der Waals surface area contributed by atoms with E-state index >= 15 is 0 Å². The van der Waals surface area contributed by atoms with Gasteiger partial charge in [-0.3, -0.25) is 14.2 Å². The van der Waals surface area contributed by atoms with Gasteiger partial charge in [-0.25, -0.2) is 5.43 Å². The first-order valence-electron chi connectivity index (χ1n) is 7.93. The lowest BCUT2D eigenvalue weighted by Crippen LogP contribution is -2.17. The minimum Gasteiger partial charge on any atom is -0.287 e. The third-order valence-corrected chi connectivity index (χ3v) is 4.04. The minimum atomic E-state index is -0.320. The van der Waals surface area contributed by atoms with E-state index in [0.717, 1.165) is 16.5 Å². The lowest BCUT2D eigenvalue weighted by molar-refractivity contribution is 0.0937. The number of nitrogens with zero attached hydrogens (tertiary/aromatic N) is 2. The number of hydrazone groups is 1. The van der Waals surface area contributed by atoms with E-state index in [0.29, 0.717) is 10.6 Å². The molecule has 0 aliphatic rings. The standard InChI is InChI=1S/C20H16ClN3O2/c1-14(25)24-13-16(18-6-2-3-7-19(18)24)5-4-12-22-23-20(26)15-8-10-17(21)11-9-15/h2-13H,1H3,(H,23,26)/b5-4+,22-12+. The number of fused-ring (bicyclic) bond motifs is 1. The van der Waals surface area contributed by atoms with E-state index in [1.807, 2.05) is 30.3 Å². The molecule has 26 heavy (non-hydrogen) atoms. The van der Waals surface area contributed by atoms with Crippen molar-refractivity contribution >= 4 is 46.6 Å². The van der Waals surface area contributed by atoms with Crippen LogP contribution in [-0.4, -0.2) is 22.6 Å². The molecule has 1 aromatic heterocycles. The van der Waals surface area contributed by atoms with Crippen molar-refractivity contribution in [1.82, 2.24) is 9.99 Å². The third-order valence-electron chi connectivity index (χ3n) is 3.79. The van der Waals surface area contributed by atoms with E-state index in [9.17, 15) is 9.59 Å². The molecule has 0 atom stereocenters. The van der Waals surface area contributed by atoms with Crippen LogP contribution in [0, 0.1) is 0 Å². The van der Waals surface area contributed by atoms with Gasteiger partial charge in [-0.1, -0.05) is 35.9 Å². The lowest BCUT2D eigenvalue weighted by Gasteiger charge is -1.98. The van der Waals surface area contributed by atoms with E-state index in [1.54, 1.807) is 41.1 Å². The summed E-state index contributed by atoms with van der Waals surface area (Å²) in [6.45, 7) is 1.52. The van der Waals surface area contributed by atoms with Crippen LogP contribution in [-0.2, 0) is 0 Å². The van der Waals surface area contributed by atoms with Crippen molar-refractivity contribution in [2.45, 2.75) is 6.92 Å². The zero-order chi connectivity index (χ0) is 18.5. The van der Waals surface area contributed by atoms with E-state index in [-0.39, 0.29) is 11.8 Å². The van der Waals surface area contributed by atoms with Crippen molar-refractivity contribution in [2.75, 3.05) is 0 Å². The maximum absolute atomic E-state index is 11.9. The Morgan fingerprint density at radius 1 is 1.12 bits per heavy atom. The summed E-state index contributed by atoms with van der Waals surface area (Å²) >= 11 is 5.79. The largest absolute Gasteiger partial charge is 0.287 e. The SMILES string of the molecule is CC(=O)n1cc(/C=C/C=N/NC(=O)c2ccc(Cl)cc2)c2ccccc21. The van der Waals surface area contributed by atoms with Crippen molar-refractivity contribution in [2.24, 2.45) is 5.10 Å². The molecule has 5 nitrogen and oxygen atoms in total. The van der Waals surface area contributed by atoms with E-state index in [4.69, 9.17) is 11.6 Å². The summed E-state index contributed by atoms with van der Waals surface area (Å²) in [5.41, 5.74) is 4.66. The molecule has 0 bridgehead atoms. The summed E-state index contributed by atoms with van der Waals surface area (Å²) in [7, 11) is 0. The van der Waals surface area contributed by atoms with Crippen LogP contribution in [0.5, 0.6) is 0 Å². The van der Waals surface area contributed by atoms with Gasteiger partial charge >= 0.3 is 0 Å². The molecule has 0 radical (unpaired) electrons. The molecule has 0 aliphatic heterocycles. The predicted molar refractivity (Wildman–Crippen MR) is 105 cm³/mol. The van der Waals surface area contributed by atoms with Crippen molar-refractivity contribution in [3.8, 4) is 0 Å². The second-order valence-electron chi connectivity index (χ2n) is 5.58. The van der Waals surface area contributed by atoms with E-state index < -0.39 is 0 Å². The number of allylic oxidation sites excluding steroid dienone is 1. The number of para-hydroxylation sites is 1. The van der Waals surface area contributed by atoms with Crippen LogP contribution < -0.4 is 5.43 Å². The van der Waals surface area contributed by atoms with Crippen LogP contribution in [0.1, 0.15) is 27.6 Å². The normalized spacial score (nSPS) is 11.5. The molecule has 0 aliphatic carbocycles. The van der Waals surface area contributed by atoms with Gasteiger partial charge in [-0.2, -0.15) is 5.10 Å². The monoisotopic (exact) mass is 365 g/mol. The number of hydrogen-bond donors (Lipinski definition) is 1. The number of carbonyl (C=O) groups is 2. The van der Waals surface area contributed by atoms with Crippen LogP contribution in [0.25, 0.3) is 17.0 Å². The molecule has 6 heteroatoms. The minimum absolute atomic E-state index is 0.0512. The van der Waals surface area contributed by atoms with Crippen molar-refractivity contribution in [1.29, 1.82) is 0 Å². The van der Waals surface area contributed by atoms with E-state index in [2.05, 4.69) is 10.5 Å². The lowest BCUT2D eigenvalue weighted by atomic mass is 10.1. The summed E-state index contributed by atoms with van der Waals surface area (Å²) in [5.74, 6) is -0.371. The number of rotatable bonds is 4. The first-order chi connectivity index (χ1) is 12.6.